The minimum Gasteiger partial charge on any atom is -0.384 e. The fourth-order valence-electron chi connectivity index (χ4n) is 4.10. The van der Waals surface area contributed by atoms with Gasteiger partial charge in [-0.2, -0.15) is 13.2 Å². The lowest BCUT2D eigenvalue weighted by Crippen LogP contribution is -2.38. The van der Waals surface area contributed by atoms with Crippen LogP contribution in [0.25, 0.3) is 10.9 Å². The van der Waals surface area contributed by atoms with E-state index < -0.39 is 11.9 Å². The van der Waals surface area contributed by atoms with Crippen LogP contribution in [0, 0.1) is 5.92 Å². The normalized spacial score (nSPS) is 19.0. The average molecular weight is 462 g/mol. The Kier molecular flexibility index (Phi) is 6.55. The van der Waals surface area contributed by atoms with Gasteiger partial charge in [0.15, 0.2) is 0 Å². The topological polar surface area (TPSA) is 54.0 Å². The number of pyridine rings is 1. The fourth-order valence-corrected chi connectivity index (χ4v) is 4.23. The monoisotopic (exact) mass is 461 g/mol. The lowest BCUT2D eigenvalue weighted by Gasteiger charge is -2.29. The largest absolute Gasteiger partial charge is 0.433 e. The predicted octanol–water partition coefficient (Wildman–Crippen LogP) is 6.31. The molecule has 1 fully saturated rings. The Morgan fingerprint density at radius 3 is 2.41 bits per heavy atom. The molecule has 1 amide bonds. The van der Waals surface area contributed by atoms with E-state index in [0.717, 1.165) is 31.7 Å². The summed E-state index contributed by atoms with van der Waals surface area (Å²) in [6.45, 7) is 0.573. The van der Waals surface area contributed by atoms with Crippen LogP contribution in [0.3, 0.4) is 0 Å². The Morgan fingerprint density at radius 2 is 1.72 bits per heavy atom. The quantitative estimate of drug-likeness (QED) is 0.468. The first kappa shape index (κ1) is 22.4. The van der Waals surface area contributed by atoms with Crippen LogP contribution in [0.1, 0.15) is 41.7 Å². The van der Waals surface area contributed by atoms with Crippen molar-refractivity contribution >= 4 is 34.1 Å². The van der Waals surface area contributed by atoms with E-state index in [4.69, 9.17) is 11.6 Å². The third-order valence-electron chi connectivity index (χ3n) is 5.88. The zero-order chi connectivity index (χ0) is 22.7. The molecule has 4 nitrogen and oxygen atoms in total. The molecule has 0 spiro atoms. The van der Waals surface area contributed by atoms with E-state index in [0.29, 0.717) is 39.6 Å². The number of hydrogen-bond donors (Lipinski definition) is 2. The molecule has 0 bridgehead atoms. The number of carbonyl (C=O) groups is 1. The van der Waals surface area contributed by atoms with Crippen LogP contribution in [-0.4, -0.2) is 23.5 Å². The second kappa shape index (κ2) is 9.36. The molecule has 8 heteroatoms. The minimum absolute atomic E-state index is 0.0908. The van der Waals surface area contributed by atoms with E-state index in [9.17, 15) is 18.0 Å². The van der Waals surface area contributed by atoms with Gasteiger partial charge in [0.1, 0.15) is 5.69 Å². The molecule has 1 aliphatic carbocycles. The summed E-state index contributed by atoms with van der Waals surface area (Å²) in [5, 5.41) is 7.53. The summed E-state index contributed by atoms with van der Waals surface area (Å²) < 4.78 is 39.7. The van der Waals surface area contributed by atoms with E-state index in [-0.39, 0.29) is 11.9 Å². The number of fused-ring (bicyclic) bond motifs is 1. The number of halogens is 4. The van der Waals surface area contributed by atoms with E-state index in [1.54, 1.807) is 48.5 Å². The third kappa shape index (κ3) is 5.33. The summed E-state index contributed by atoms with van der Waals surface area (Å²) >= 11 is 5.86. The minimum atomic E-state index is -4.50. The third-order valence-corrected chi connectivity index (χ3v) is 6.13. The molecule has 32 heavy (non-hydrogen) atoms. The molecule has 3 aromatic rings. The van der Waals surface area contributed by atoms with Gasteiger partial charge in [-0.05, 0) is 68.0 Å². The summed E-state index contributed by atoms with van der Waals surface area (Å²) in [5.74, 6) is 0.200. The predicted molar refractivity (Wildman–Crippen MR) is 120 cm³/mol. The molecule has 0 saturated heterocycles. The Balaban J connectivity index is 1.34. The van der Waals surface area contributed by atoms with Crippen molar-refractivity contribution in [1.82, 2.24) is 10.3 Å². The molecule has 0 atom stereocenters. The second-order valence-corrected chi connectivity index (χ2v) is 8.59. The van der Waals surface area contributed by atoms with E-state index in [1.165, 1.54) is 0 Å². The van der Waals surface area contributed by atoms with Gasteiger partial charge in [0, 0.05) is 34.2 Å². The molecule has 2 N–H and O–H groups in total. The van der Waals surface area contributed by atoms with Crippen molar-refractivity contribution in [2.24, 2.45) is 5.92 Å². The van der Waals surface area contributed by atoms with Crippen LogP contribution >= 0.6 is 11.6 Å². The van der Waals surface area contributed by atoms with Gasteiger partial charge >= 0.3 is 6.18 Å². The average Bonchev–Trinajstić information content (AvgIpc) is 2.78. The van der Waals surface area contributed by atoms with Gasteiger partial charge in [-0.25, -0.2) is 4.98 Å². The van der Waals surface area contributed by atoms with Gasteiger partial charge < -0.3 is 10.6 Å². The molecule has 1 heterocycles. The molecule has 1 aromatic heterocycles. The number of aromatic nitrogens is 1. The Morgan fingerprint density at radius 1 is 1.03 bits per heavy atom. The lowest BCUT2D eigenvalue weighted by atomic mass is 9.85. The summed E-state index contributed by atoms with van der Waals surface area (Å²) in [7, 11) is 0. The highest BCUT2D eigenvalue weighted by Gasteiger charge is 2.33. The molecule has 0 aliphatic heterocycles. The number of hydrogen-bond acceptors (Lipinski definition) is 3. The van der Waals surface area contributed by atoms with Crippen molar-refractivity contribution in [3.05, 3.63) is 70.9 Å². The molecular weight excluding hydrogens is 439 g/mol. The summed E-state index contributed by atoms with van der Waals surface area (Å²) in [6, 6.07) is 14.8. The fraction of sp³-hybridized carbons (Fsp3) is 0.333. The van der Waals surface area contributed by atoms with Crippen molar-refractivity contribution in [1.29, 1.82) is 0 Å². The standard InChI is InChI=1S/C24H23ClF3N3O/c25-17-9-7-16(8-10-17)23(32)30-18-11-5-15(6-12-18)14-29-21-13-22(24(26,27)28)31-20-4-2-1-3-19(20)21/h1-4,7-10,13,15,18H,5-6,11-12,14H2,(H,29,31)(H,30,32)/t15-,18+. The number of para-hydroxylation sites is 1. The first-order valence-corrected chi connectivity index (χ1v) is 10.9. The van der Waals surface area contributed by atoms with Crippen molar-refractivity contribution in [2.45, 2.75) is 37.9 Å². The first-order valence-electron chi connectivity index (χ1n) is 10.6. The number of alkyl halides is 3. The Bertz CT molecular complexity index is 1090. The highest BCUT2D eigenvalue weighted by Crippen LogP contribution is 2.33. The van der Waals surface area contributed by atoms with Gasteiger partial charge in [-0.1, -0.05) is 29.8 Å². The number of nitrogens with one attached hydrogen (secondary N) is 2. The highest BCUT2D eigenvalue weighted by atomic mass is 35.5. The lowest BCUT2D eigenvalue weighted by molar-refractivity contribution is -0.140. The zero-order valence-corrected chi connectivity index (χ0v) is 18.0. The molecule has 2 aromatic carbocycles. The molecule has 0 radical (unpaired) electrons. The number of nitrogens with zero attached hydrogens (tertiary/aromatic N) is 1. The van der Waals surface area contributed by atoms with E-state index in [2.05, 4.69) is 15.6 Å². The molecule has 168 valence electrons. The number of carbonyl (C=O) groups excluding carboxylic acids is 1. The summed E-state index contributed by atoms with van der Waals surface area (Å²) in [5.41, 5.74) is 0.440. The van der Waals surface area contributed by atoms with Crippen molar-refractivity contribution in [2.75, 3.05) is 11.9 Å². The molecule has 1 saturated carbocycles. The maximum absolute atomic E-state index is 13.2. The van der Waals surface area contributed by atoms with Gasteiger partial charge in [-0.15, -0.1) is 0 Å². The first-order chi connectivity index (χ1) is 15.3. The van der Waals surface area contributed by atoms with Crippen molar-refractivity contribution in [3.63, 3.8) is 0 Å². The van der Waals surface area contributed by atoms with Crippen LogP contribution in [0.15, 0.2) is 54.6 Å². The van der Waals surface area contributed by atoms with E-state index in [1.807, 2.05) is 0 Å². The van der Waals surface area contributed by atoms with Crippen LogP contribution in [0.4, 0.5) is 18.9 Å². The number of benzene rings is 2. The van der Waals surface area contributed by atoms with Crippen LogP contribution in [-0.2, 0) is 6.18 Å². The smallest absolute Gasteiger partial charge is 0.384 e. The van der Waals surface area contributed by atoms with Crippen molar-refractivity contribution in [3.8, 4) is 0 Å². The SMILES string of the molecule is O=C(N[C@H]1CC[C@@H](CNc2cc(C(F)(F)F)nc3ccccc23)CC1)c1ccc(Cl)cc1. The Labute approximate surface area is 189 Å². The van der Waals surface area contributed by atoms with Gasteiger partial charge in [0.2, 0.25) is 0 Å². The van der Waals surface area contributed by atoms with Gasteiger partial charge in [0.25, 0.3) is 5.91 Å². The van der Waals surface area contributed by atoms with Crippen molar-refractivity contribution < 1.29 is 18.0 Å². The maximum Gasteiger partial charge on any atom is 0.433 e. The van der Waals surface area contributed by atoms with Gasteiger partial charge in [0.05, 0.1) is 5.52 Å². The van der Waals surface area contributed by atoms with Crippen LogP contribution in [0.5, 0.6) is 0 Å². The second-order valence-electron chi connectivity index (χ2n) is 8.15. The van der Waals surface area contributed by atoms with Crippen LogP contribution < -0.4 is 10.6 Å². The summed E-state index contributed by atoms with van der Waals surface area (Å²) in [6.07, 6.45) is -1.07. The van der Waals surface area contributed by atoms with Crippen LogP contribution in [0.2, 0.25) is 5.02 Å². The number of anilines is 1. The zero-order valence-electron chi connectivity index (χ0n) is 17.3. The molecule has 4 rings (SSSR count). The van der Waals surface area contributed by atoms with Gasteiger partial charge in [-0.3, -0.25) is 4.79 Å². The molecule has 0 unspecified atom stereocenters. The molecular formula is C24H23ClF3N3O. The number of rotatable bonds is 5. The summed E-state index contributed by atoms with van der Waals surface area (Å²) in [4.78, 5) is 16.1. The van der Waals surface area contributed by atoms with E-state index >= 15 is 0 Å². The highest BCUT2D eigenvalue weighted by molar-refractivity contribution is 6.30. The Hall–Kier alpha value is -2.80. The number of amides is 1. The maximum atomic E-state index is 13.2. The molecule has 1 aliphatic rings.